The molecule has 138 valence electrons. The monoisotopic (exact) mass is 382 g/mol. The van der Waals surface area contributed by atoms with Crippen molar-refractivity contribution >= 4 is 17.7 Å². The maximum absolute atomic E-state index is 13.1. The van der Waals surface area contributed by atoms with Crippen molar-refractivity contribution in [3.8, 4) is 11.5 Å². The van der Waals surface area contributed by atoms with Gasteiger partial charge in [0.25, 0.3) is 5.22 Å². The third-order valence-corrected chi connectivity index (χ3v) is 5.26. The summed E-state index contributed by atoms with van der Waals surface area (Å²) in [7, 11) is 0. The van der Waals surface area contributed by atoms with Gasteiger partial charge >= 0.3 is 0 Å². The van der Waals surface area contributed by atoms with Gasteiger partial charge in [-0.15, -0.1) is 10.2 Å². The van der Waals surface area contributed by atoms with Crippen LogP contribution in [0.2, 0.25) is 0 Å². The second-order valence-electron chi connectivity index (χ2n) is 5.96. The highest BCUT2D eigenvalue weighted by Crippen LogP contribution is 2.37. The Hall–Kier alpha value is -2.71. The molecule has 1 fully saturated rings. The summed E-state index contributed by atoms with van der Waals surface area (Å²) in [5.41, 5.74) is 1.65. The van der Waals surface area contributed by atoms with Crippen LogP contribution in [0.5, 0.6) is 0 Å². The van der Waals surface area contributed by atoms with Crippen LogP contribution >= 0.6 is 11.8 Å². The molecule has 4 rings (SSSR count). The number of carbonyl (C=O) groups excluding carboxylic acids is 1. The van der Waals surface area contributed by atoms with Gasteiger partial charge in [0.15, 0.2) is 0 Å². The number of benzene rings is 1. The van der Waals surface area contributed by atoms with Crippen LogP contribution in [-0.2, 0) is 9.53 Å². The van der Waals surface area contributed by atoms with Crippen molar-refractivity contribution < 1.29 is 13.9 Å². The second-order valence-corrected chi connectivity index (χ2v) is 7.02. The highest BCUT2D eigenvalue weighted by molar-refractivity contribution is 8.00. The van der Waals surface area contributed by atoms with Crippen molar-refractivity contribution in [2.75, 3.05) is 26.3 Å². The van der Waals surface area contributed by atoms with Crippen molar-refractivity contribution in [2.24, 2.45) is 0 Å². The first-order chi connectivity index (χ1) is 13.3. The van der Waals surface area contributed by atoms with E-state index < -0.39 is 5.25 Å². The number of nitrogens with zero attached hydrogens (tertiary/aromatic N) is 4. The summed E-state index contributed by atoms with van der Waals surface area (Å²) < 4.78 is 11.1. The molecule has 1 aromatic carbocycles. The molecular formula is C19H18N4O3S. The molecular weight excluding hydrogens is 364 g/mol. The average molecular weight is 382 g/mol. The molecule has 1 unspecified atom stereocenters. The molecule has 0 spiro atoms. The molecule has 27 heavy (non-hydrogen) atoms. The van der Waals surface area contributed by atoms with Gasteiger partial charge in [-0.25, -0.2) is 0 Å². The summed E-state index contributed by atoms with van der Waals surface area (Å²) in [4.78, 5) is 19.0. The minimum absolute atomic E-state index is 0.0237. The Morgan fingerprint density at radius 3 is 2.63 bits per heavy atom. The zero-order chi connectivity index (χ0) is 18.5. The van der Waals surface area contributed by atoms with Crippen LogP contribution in [0.1, 0.15) is 10.8 Å². The largest absolute Gasteiger partial charge is 0.411 e. The summed E-state index contributed by atoms with van der Waals surface area (Å²) in [6, 6.07) is 13.3. The van der Waals surface area contributed by atoms with Crippen LogP contribution in [0.3, 0.4) is 0 Å². The lowest BCUT2D eigenvalue weighted by Crippen LogP contribution is -2.42. The van der Waals surface area contributed by atoms with Gasteiger partial charge in [-0.2, -0.15) is 0 Å². The molecule has 0 aliphatic carbocycles. The highest BCUT2D eigenvalue weighted by atomic mass is 32.2. The van der Waals surface area contributed by atoms with Crippen molar-refractivity contribution in [2.45, 2.75) is 10.5 Å². The highest BCUT2D eigenvalue weighted by Gasteiger charge is 2.30. The maximum atomic E-state index is 13.1. The van der Waals surface area contributed by atoms with Gasteiger partial charge < -0.3 is 14.1 Å². The summed E-state index contributed by atoms with van der Waals surface area (Å²) in [6.45, 7) is 2.30. The van der Waals surface area contributed by atoms with Crippen LogP contribution in [0.4, 0.5) is 0 Å². The summed E-state index contributed by atoms with van der Waals surface area (Å²) in [5.74, 6) is 0.409. The third-order valence-electron chi connectivity index (χ3n) is 4.18. The Labute approximate surface area is 160 Å². The zero-order valence-electron chi connectivity index (χ0n) is 14.5. The Balaban J connectivity index is 1.58. The van der Waals surface area contributed by atoms with Crippen LogP contribution in [0.15, 0.2) is 64.5 Å². The normalized spacial score (nSPS) is 15.5. The molecule has 3 heterocycles. The number of rotatable bonds is 5. The van der Waals surface area contributed by atoms with E-state index in [9.17, 15) is 4.79 Å². The number of pyridine rings is 1. The molecule has 1 aliphatic rings. The second kappa shape index (κ2) is 8.32. The van der Waals surface area contributed by atoms with Gasteiger partial charge in [0, 0.05) is 25.5 Å². The van der Waals surface area contributed by atoms with Crippen LogP contribution < -0.4 is 0 Å². The van der Waals surface area contributed by atoms with Gasteiger partial charge in [-0.1, -0.05) is 30.3 Å². The number of hydrogen-bond donors (Lipinski definition) is 0. The molecule has 0 N–H and O–H groups in total. The summed E-state index contributed by atoms with van der Waals surface area (Å²) in [6.07, 6.45) is 3.34. The number of aromatic nitrogens is 3. The minimum atomic E-state index is -0.452. The lowest BCUT2D eigenvalue weighted by atomic mass is 10.1. The van der Waals surface area contributed by atoms with Gasteiger partial charge in [0.05, 0.1) is 18.8 Å². The first-order valence-corrected chi connectivity index (χ1v) is 9.51. The predicted octanol–water partition coefficient (Wildman–Crippen LogP) is 2.82. The molecule has 8 heteroatoms. The number of thioether (sulfide) groups is 1. The van der Waals surface area contributed by atoms with Crippen LogP contribution in [0.25, 0.3) is 11.5 Å². The number of morpholine rings is 1. The molecule has 0 bridgehead atoms. The Morgan fingerprint density at radius 1 is 1.07 bits per heavy atom. The molecule has 3 aromatic rings. The number of ether oxygens (including phenoxy) is 1. The number of carbonyl (C=O) groups is 1. The molecule has 2 aromatic heterocycles. The van der Waals surface area contributed by atoms with E-state index in [0.717, 1.165) is 11.1 Å². The van der Waals surface area contributed by atoms with Gasteiger partial charge in [0.1, 0.15) is 5.25 Å². The van der Waals surface area contributed by atoms with E-state index in [-0.39, 0.29) is 5.91 Å². The van der Waals surface area contributed by atoms with E-state index in [1.807, 2.05) is 41.3 Å². The first-order valence-electron chi connectivity index (χ1n) is 8.63. The smallest absolute Gasteiger partial charge is 0.277 e. The predicted molar refractivity (Wildman–Crippen MR) is 100.0 cm³/mol. The third kappa shape index (κ3) is 4.17. The fourth-order valence-electron chi connectivity index (χ4n) is 2.80. The standard InChI is InChI=1S/C19H18N4O3S/c24-18(23-9-11-25-12-10-23)16(14-5-2-1-3-6-14)27-19-22-21-17(26-19)15-7-4-8-20-13-15/h1-8,13,16H,9-12H2. The quantitative estimate of drug-likeness (QED) is 0.628. The Bertz CT molecular complexity index is 882. The van der Waals surface area contributed by atoms with Crippen molar-refractivity contribution in [1.82, 2.24) is 20.1 Å². The van der Waals surface area contributed by atoms with Crippen LogP contribution in [-0.4, -0.2) is 52.3 Å². The molecule has 1 aliphatic heterocycles. The first kappa shape index (κ1) is 17.7. The van der Waals surface area contributed by atoms with Crippen molar-refractivity contribution in [3.05, 3.63) is 60.4 Å². The molecule has 7 nitrogen and oxygen atoms in total. The summed E-state index contributed by atoms with van der Waals surface area (Å²) in [5, 5.41) is 8.09. The molecule has 0 radical (unpaired) electrons. The maximum Gasteiger partial charge on any atom is 0.277 e. The van der Waals surface area contributed by atoms with E-state index in [0.29, 0.717) is 37.4 Å². The van der Waals surface area contributed by atoms with E-state index in [1.54, 1.807) is 18.5 Å². The van der Waals surface area contributed by atoms with Crippen molar-refractivity contribution in [3.63, 3.8) is 0 Å². The number of hydrogen-bond acceptors (Lipinski definition) is 7. The lowest BCUT2D eigenvalue weighted by Gasteiger charge is -2.29. The fourth-order valence-corrected chi connectivity index (χ4v) is 3.76. The van der Waals surface area contributed by atoms with Gasteiger partial charge in [0.2, 0.25) is 11.8 Å². The Kier molecular flexibility index (Phi) is 5.45. The van der Waals surface area contributed by atoms with Crippen LogP contribution in [0, 0.1) is 0 Å². The van der Waals surface area contributed by atoms with Gasteiger partial charge in [-0.3, -0.25) is 9.78 Å². The minimum Gasteiger partial charge on any atom is -0.411 e. The summed E-state index contributed by atoms with van der Waals surface area (Å²) >= 11 is 1.27. The Morgan fingerprint density at radius 2 is 1.89 bits per heavy atom. The van der Waals surface area contributed by atoms with Crippen molar-refractivity contribution in [1.29, 1.82) is 0 Å². The molecule has 1 saturated heterocycles. The fraction of sp³-hybridized carbons (Fsp3) is 0.263. The topological polar surface area (TPSA) is 81.3 Å². The van der Waals surface area contributed by atoms with Gasteiger partial charge in [-0.05, 0) is 29.5 Å². The average Bonchev–Trinajstić information content (AvgIpc) is 3.22. The van der Waals surface area contributed by atoms with E-state index in [4.69, 9.17) is 9.15 Å². The molecule has 1 atom stereocenters. The number of amides is 1. The zero-order valence-corrected chi connectivity index (χ0v) is 15.3. The van der Waals surface area contributed by atoms with E-state index in [2.05, 4.69) is 15.2 Å². The van der Waals surface area contributed by atoms with E-state index >= 15 is 0 Å². The molecule has 0 saturated carbocycles. The SMILES string of the molecule is O=C(C(Sc1nnc(-c2cccnc2)o1)c1ccccc1)N1CCOCC1. The van der Waals surface area contributed by atoms with E-state index in [1.165, 1.54) is 11.8 Å². The molecule has 1 amide bonds. The lowest BCUT2D eigenvalue weighted by molar-refractivity contribution is -0.134.